The van der Waals surface area contributed by atoms with Gasteiger partial charge in [0.1, 0.15) is 11.3 Å². The summed E-state index contributed by atoms with van der Waals surface area (Å²) in [6.45, 7) is 0.764. The summed E-state index contributed by atoms with van der Waals surface area (Å²) in [4.78, 5) is 31.1. The number of aromatic amines is 2. The van der Waals surface area contributed by atoms with E-state index in [2.05, 4.69) is 16.0 Å². The molecule has 1 aliphatic heterocycles. The minimum absolute atomic E-state index is 0.151. The molecule has 8 nitrogen and oxygen atoms in total. The number of aromatic hydroxyl groups is 1. The molecule has 1 aliphatic rings. The number of fused-ring (bicyclic) bond motifs is 3. The summed E-state index contributed by atoms with van der Waals surface area (Å²) in [6, 6.07) is 14.2. The molecule has 8 heteroatoms. The Kier molecular flexibility index (Phi) is 4.22. The molecule has 0 fully saturated rings. The number of quaternary nitrogens is 1. The lowest BCUT2D eigenvalue weighted by Crippen LogP contribution is -2.87. The monoisotopic (exact) mass is 405 g/mol. The number of nitrogens with one attached hydrogen (secondary N) is 2. The zero-order chi connectivity index (χ0) is 20.8. The van der Waals surface area contributed by atoms with Gasteiger partial charge < -0.3 is 20.1 Å². The first-order valence-corrected chi connectivity index (χ1v) is 9.74. The van der Waals surface area contributed by atoms with Gasteiger partial charge in [-0.05, 0) is 35.9 Å². The SMILES string of the molecule is COc1ccc(-n2c(O)c([C@H]3[NH2+]CCc4c3[nH]c3ccccc43)c(=O)[nH]c2=O)cc1. The lowest BCUT2D eigenvalue weighted by Gasteiger charge is -2.22. The average molecular weight is 405 g/mol. The molecule has 0 saturated heterocycles. The van der Waals surface area contributed by atoms with Crippen molar-refractivity contribution < 1.29 is 15.2 Å². The maximum Gasteiger partial charge on any atom is 0.335 e. The predicted octanol–water partition coefficient (Wildman–Crippen LogP) is 0.930. The van der Waals surface area contributed by atoms with Crippen molar-refractivity contribution in [2.45, 2.75) is 12.5 Å². The van der Waals surface area contributed by atoms with E-state index in [0.717, 1.165) is 39.7 Å². The largest absolute Gasteiger partial charge is 0.497 e. The van der Waals surface area contributed by atoms with Crippen LogP contribution < -0.4 is 21.3 Å². The van der Waals surface area contributed by atoms with E-state index in [4.69, 9.17) is 4.74 Å². The quantitative estimate of drug-likeness (QED) is 0.406. The molecule has 152 valence electrons. The van der Waals surface area contributed by atoms with Gasteiger partial charge in [0.2, 0.25) is 5.88 Å². The van der Waals surface area contributed by atoms with Crippen LogP contribution in [0.25, 0.3) is 16.6 Å². The Morgan fingerprint density at radius 3 is 2.63 bits per heavy atom. The number of benzene rings is 2. The Balaban J connectivity index is 1.71. The molecule has 3 heterocycles. The summed E-state index contributed by atoms with van der Waals surface area (Å²) in [5, 5.41) is 14.2. The zero-order valence-electron chi connectivity index (χ0n) is 16.3. The van der Waals surface area contributed by atoms with Gasteiger partial charge in [0.25, 0.3) is 5.56 Å². The van der Waals surface area contributed by atoms with Gasteiger partial charge in [-0.1, -0.05) is 18.2 Å². The van der Waals surface area contributed by atoms with E-state index >= 15 is 0 Å². The van der Waals surface area contributed by atoms with Crippen molar-refractivity contribution in [2.24, 2.45) is 0 Å². The zero-order valence-corrected chi connectivity index (χ0v) is 16.3. The first kappa shape index (κ1) is 18.3. The standard InChI is InChI=1S/C22H20N4O4/c1-30-13-8-6-12(7-9-13)26-21(28)17(20(27)25-22(26)29)19-18-15(10-11-23-19)14-4-2-3-5-16(14)24-18/h2-9,19,23-24,28H,10-11H2,1H3,(H,25,27,29)/p+1/t19-/m1/s1. The Labute approximate surface area is 170 Å². The molecule has 1 atom stereocenters. The van der Waals surface area contributed by atoms with Crippen molar-refractivity contribution in [1.29, 1.82) is 0 Å². The molecule has 30 heavy (non-hydrogen) atoms. The number of H-pyrrole nitrogens is 2. The number of para-hydroxylation sites is 1. The Bertz CT molecular complexity index is 1360. The van der Waals surface area contributed by atoms with Gasteiger partial charge in [-0.3, -0.25) is 9.78 Å². The maximum atomic E-state index is 12.8. The van der Waals surface area contributed by atoms with Crippen LogP contribution >= 0.6 is 0 Å². The van der Waals surface area contributed by atoms with Gasteiger partial charge in [-0.15, -0.1) is 0 Å². The van der Waals surface area contributed by atoms with Crippen molar-refractivity contribution in [3.05, 3.63) is 86.2 Å². The first-order valence-electron chi connectivity index (χ1n) is 9.74. The molecule has 2 aromatic heterocycles. The fraction of sp³-hybridized carbons (Fsp3) is 0.182. The van der Waals surface area contributed by atoms with Gasteiger partial charge >= 0.3 is 5.69 Å². The van der Waals surface area contributed by atoms with Crippen molar-refractivity contribution in [3.63, 3.8) is 0 Å². The van der Waals surface area contributed by atoms with Crippen molar-refractivity contribution in [2.75, 3.05) is 13.7 Å². The molecule has 0 aliphatic carbocycles. The minimum atomic E-state index is -0.695. The summed E-state index contributed by atoms with van der Waals surface area (Å²) >= 11 is 0. The molecule has 0 amide bonds. The normalized spacial score (nSPS) is 15.8. The molecule has 4 aromatic rings. The van der Waals surface area contributed by atoms with E-state index in [0.29, 0.717) is 11.4 Å². The molecule has 0 radical (unpaired) electrons. The van der Waals surface area contributed by atoms with Crippen LogP contribution in [0.2, 0.25) is 0 Å². The Morgan fingerprint density at radius 2 is 1.87 bits per heavy atom. The van der Waals surface area contributed by atoms with E-state index in [1.807, 2.05) is 23.5 Å². The van der Waals surface area contributed by atoms with Crippen LogP contribution in [0.3, 0.4) is 0 Å². The van der Waals surface area contributed by atoms with Gasteiger partial charge in [0.15, 0.2) is 6.04 Å². The van der Waals surface area contributed by atoms with Gasteiger partial charge in [0, 0.05) is 17.3 Å². The van der Waals surface area contributed by atoms with Crippen LogP contribution in [-0.2, 0) is 6.42 Å². The molecule has 0 spiro atoms. The molecule has 2 aromatic carbocycles. The summed E-state index contributed by atoms with van der Waals surface area (Å²) < 4.78 is 6.27. The van der Waals surface area contributed by atoms with Crippen LogP contribution in [0.5, 0.6) is 11.6 Å². The number of nitrogens with two attached hydrogens (primary N) is 1. The van der Waals surface area contributed by atoms with E-state index in [1.54, 1.807) is 31.4 Å². The molecule has 0 saturated carbocycles. The number of methoxy groups -OCH3 is 1. The highest BCUT2D eigenvalue weighted by Crippen LogP contribution is 2.32. The molecule has 5 N–H and O–H groups in total. The lowest BCUT2D eigenvalue weighted by atomic mass is 9.95. The molecule has 5 rings (SSSR count). The number of ether oxygens (including phenoxy) is 1. The highest BCUT2D eigenvalue weighted by Gasteiger charge is 2.34. The fourth-order valence-corrected chi connectivity index (χ4v) is 4.32. The lowest BCUT2D eigenvalue weighted by molar-refractivity contribution is -0.690. The number of rotatable bonds is 3. The van der Waals surface area contributed by atoms with E-state index in [1.165, 1.54) is 0 Å². The maximum absolute atomic E-state index is 12.8. The summed E-state index contributed by atoms with van der Waals surface area (Å²) in [7, 11) is 1.55. The average Bonchev–Trinajstić information content (AvgIpc) is 3.13. The second kappa shape index (κ2) is 6.93. The highest BCUT2D eigenvalue weighted by molar-refractivity contribution is 5.85. The number of hydrogen-bond donors (Lipinski definition) is 4. The van der Waals surface area contributed by atoms with Crippen LogP contribution in [-0.4, -0.2) is 33.3 Å². The molecule has 0 unspecified atom stereocenters. The first-order chi connectivity index (χ1) is 14.6. The van der Waals surface area contributed by atoms with Gasteiger partial charge in [0.05, 0.1) is 25.0 Å². The fourth-order valence-electron chi connectivity index (χ4n) is 4.32. The van der Waals surface area contributed by atoms with Crippen molar-refractivity contribution >= 4 is 10.9 Å². The summed E-state index contributed by atoms with van der Waals surface area (Å²) in [5.41, 5.74) is 2.31. The smallest absolute Gasteiger partial charge is 0.335 e. The topological polar surface area (TPSA) is 117 Å². The second-order valence-electron chi connectivity index (χ2n) is 7.34. The summed E-state index contributed by atoms with van der Waals surface area (Å²) in [6.07, 6.45) is 0.854. The Morgan fingerprint density at radius 1 is 1.10 bits per heavy atom. The van der Waals surface area contributed by atoms with Gasteiger partial charge in [-0.25, -0.2) is 9.36 Å². The van der Waals surface area contributed by atoms with Crippen LogP contribution in [0.4, 0.5) is 0 Å². The molecular formula is C22H21N4O4+. The number of nitrogens with zero attached hydrogens (tertiary/aromatic N) is 1. The van der Waals surface area contributed by atoms with Crippen molar-refractivity contribution in [1.82, 2.24) is 14.5 Å². The van der Waals surface area contributed by atoms with Crippen molar-refractivity contribution in [3.8, 4) is 17.3 Å². The van der Waals surface area contributed by atoms with Gasteiger partial charge in [-0.2, -0.15) is 0 Å². The van der Waals surface area contributed by atoms with E-state index in [9.17, 15) is 14.7 Å². The van der Waals surface area contributed by atoms with Crippen LogP contribution in [0, 0.1) is 0 Å². The molecular weight excluding hydrogens is 384 g/mol. The number of hydrogen-bond acceptors (Lipinski definition) is 4. The third-order valence-electron chi connectivity index (χ3n) is 5.72. The Hall–Kier alpha value is -3.78. The third-order valence-corrected chi connectivity index (χ3v) is 5.72. The summed E-state index contributed by atoms with van der Waals surface area (Å²) in [5.74, 6) is 0.265. The predicted molar refractivity (Wildman–Crippen MR) is 112 cm³/mol. The second-order valence-corrected chi connectivity index (χ2v) is 7.34. The number of aromatic nitrogens is 3. The van der Waals surface area contributed by atoms with E-state index < -0.39 is 17.3 Å². The highest BCUT2D eigenvalue weighted by atomic mass is 16.5. The van der Waals surface area contributed by atoms with Crippen LogP contribution in [0.15, 0.2) is 58.1 Å². The third kappa shape index (κ3) is 2.73. The molecule has 0 bridgehead atoms. The van der Waals surface area contributed by atoms with Crippen LogP contribution in [0.1, 0.15) is 22.9 Å². The minimum Gasteiger partial charge on any atom is -0.497 e. The van der Waals surface area contributed by atoms with E-state index in [-0.39, 0.29) is 11.4 Å².